The fourth-order valence-electron chi connectivity index (χ4n) is 3.09. The quantitative estimate of drug-likeness (QED) is 0.561. The highest BCUT2D eigenvalue weighted by Crippen LogP contribution is 2.21. The van der Waals surface area contributed by atoms with E-state index in [1.54, 1.807) is 12.1 Å². The predicted octanol–water partition coefficient (Wildman–Crippen LogP) is 0.484. The number of hydrogen-bond donors (Lipinski definition) is 1. The summed E-state index contributed by atoms with van der Waals surface area (Å²) in [6, 6.07) is 8.32. The van der Waals surface area contributed by atoms with Crippen molar-refractivity contribution in [1.82, 2.24) is 19.3 Å². The SMILES string of the molecule is NS(=O)(=O)c1ccc(S(=O)(=O)N2CCN(Cc3nc(-c4ccco4)no3)CC2)cc1. The van der Waals surface area contributed by atoms with Gasteiger partial charge in [0, 0.05) is 26.2 Å². The second-order valence-electron chi connectivity index (χ2n) is 6.69. The molecule has 1 fully saturated rings. The zero-order valence-corrected chi connectivity index (χ0v) is 17.3. The molecule has 1 saturated heterocycles. The number of furan rings is 1. The molecular formula is C17H19N5O6S2. The van der Waals surface area contributed by atoms with Gasteiger partial charge in [0.15, 0.2) is 5.76 Å². The van der Waals surface area contributed by atoms with Crippen molar-refractivity contribution in [2.45, 2.75) is 16.3 Å². The molecule has 0 saturated carbocycles. The van der Waals surface area contributed by atoms with Crippen molar-refractivity contribution in [2.75, 3.05) is 26.2 Å². The van der Waals surface area contributed by atoms with Gasteiger partial charge in [0.2, 0.25) is 31.8 Å². The van der Waals surface area contributed by atoms with Gasteiger partial charge in [-0.15, -0.1) is 0 Å². The lowest BCUT2D eigenvalue weighted by atomic mass is 10.3. The molecule has 0 bridgehead atoms. The number of rotatable bonds is 6. The Hall–Kier alpha value is -2.58. The van der Waals surface area contributed by atoms with E-state index in [0.717, 1.165) is 0 Å². The molecule has 30 heavy (non-hydrogen) atoms. The van der Waals surface area contributed by atoms with E-state index in [1.807, 2.05) is 4.90 Å². The van der Waals surface area contributed by atoms with Gasteiger partial charge in [0.1, 0.15) is 0 Å². The van der Waals surface area contributed by atoms with Crippen LogP contribution in [0.1, 0.15) is 5.89 Å². The van der Waals surface area contributed by atoms with E-state index in [4.69, 9.17) is 14.1 Å². The normalized spacial score (nSPS) is 16.7. The number of aromatic nitrogens is 2. The first kappa shape index (κ1) is 20.7. The molecule has 1 aromatic carbocycles. The van der Waals surface area contributed by atoms with Crippen molar-refractivity contribution in [1.29, 1.82) is 0 Å². The second kappa shape index (κ2) is 7.92. The van der Waals surface area contributed by atoms with E-state index in [2.05, 4.69) is 10.1 Å². The van der Waals surface area contributed by atoms with Gasteiger partial charge in [-0.25, -0.2) is 22.0 Å². The number of hydrogen-bond acceptors (Lipinski definition) is 9. The topological polar surface area (TPSA) is 153 Å². The number of piperazine rings is 1. The molecule has 1 aliphatic heterocycles. The molecule has 2 N–H and O–H groups in total. The fourth-order valence-corrected chi connectivity index (χ4v) is 5.03. The molecule has 1 aliphatic rings. The summed E-state index contributed by atoms with van der Waals surface area (Å²) >= 11 is 0. The Bertz CT molecular complexity index is 1210. The molecule has 0 aliphatic carbocycles. The molecule has 0 radical (unpaired) electrons. The zero-order chi connectivity index (χ0) is 21.4. The Labute approximate surface area is 173 Å². The monoisotopic (exact) mass is 453 g/mol. The van der Waals surface area contributed by atoms with Crippen LogP contribution in [0, 0.1) is 0 Å². The van der Waals surface area contributed by atoms with Crippen molar-refractivity contribution in [3.63, 3.8) is 0 Å². The third-order valence-corrected chi connectivity index (χ3v) is 7.53. The molecule has 11 nitrogen and oxygen atoms in total. The second-order valence-corrected chi connectivity index (χ2v) is 10.2. The van der Waals surface area contributed by atoms with Crippen LogP contribution in [0.15, 0.2) is 61.4 Å². The Kier molecular flexibility index (Phi) is 5.46. The van der Waals surface area contributed by atoms with E-state index >= 15 is 0 Å². The summed E-state index contributed by atoms with van der Waals surface area (Å²) in [4.78, 5) is 6.17. The van der Waals surface area contributed by atoms with Gasteiger partial charge < -0.3 is 8.94 Å². The van der Waals surface area contributed by atoms with E-state index in [1.165, 1.54) is 34.8 Å². The fraction of sp³-hybridized carbons (Fsp3) is 0.294. The predicted molar refractivity (Wildman–Crippen MR) is 104 cm³/mol. The van der Waals surface area contributed by atoms with Gasteiger partial charge in [0.05, 0.1) is 22.6 Å². The van der Waals surface area contributed by atoms with Crippen molar-refractivity contribution in [2.24, 2.45) is 5.14 Å². The largest absolute Gasteiger partial charge is 0.461 e. The van der Waals surface area contributed by atoms with Gasteiger partial charge >= 0.3 is 0 Å². The molecule has 13 heteroatoms. The molecule has 4 rings (SSSR count). The van der Waals surface area contributed by atoms with Crippen LogP contribution in [0.4, 0.5) is 0 Å². The highest BCUT2D eigenvalue weighted by atomic mass is 32.2. The van der Waals surface area contributed by atoms with E-state index in [-0.39, 0.29) is 22.9 Å². The summed E-state index contributed by atoms with van der Waals surface area (Å²) in [5.41, 5.74) is 0. The van der Waals surface area contributed by atoms with E-state index < -0.39 is 20.0 Å². The lowest BCUT2D eigenvalue weighted by Gasteiger charge is -2.33. The van der Waals surface area contributed by atoms with E-state index in [9.17, 15) is 16.8 Å². The van der Waals surface area contributed by atoms with Crippen LogP contribution >= 0.6 is 0 Å². The average Bonchev–Trinajstić information content (AvgIpc) is 3.40. The third-order valence-electron chi connectivity index (χ3n) is 4.69. The average molecular weight is 454 g/mol. The van der Waals surface area contributed by atoms with Crippen LogP contribution in [-0.2, 0) is 26.6 Å². The van der Waals surface area contributed by atoms with Gasteiger partial charge in [0.25, 0.3) is 0 Å². The van der Waals surface area contributed by atoms with E-state index in [0.29, 0.717) is 37.1 Å². The van der Waals surface area contributed by atoms with Crippen LogP contribution < -0.4 is 5.14 Å². The first-order valence-electron chi connectivity index (χ1n) is 8.95. The maximum atomic E-state index is 12.8. The number of primary sulfonamides is 1. The Morgan fingerprint density at radius 1 is 0.967 bits per heavy atom. The highest BCUT2D eigenvalue weighted by Gasteiger charge is 2.29. The number of benzene rings is 1. The summed E-state index contributed by atoms with van der Waals surface area (Å²) in [7, 11) is -7.62. The molecule has 2 aromatic heterocycles. The van der Waals surface area contributed by atoms with Crippen LogP contribution in [0.2, 0.25) is 0 Å². The Morgan fingerprint density at radius 2 is 1.63 bits per heavy atom. The highest BCUT2D eigenvalue weighted by molar-refractivity contribution is 7.89. The summed E-state index contributed by atoms with van der Waals surface area (Å²) in [6.07, 6.45) is 1.52. The van der Waals surface area contributed by atoms with Crippen LogP contribution in [0.25, 0.3) is 11.6 Å². The van der Waals surface area contributed by atoms with Crippen molar-refractivity contribution in [3.8, 4) is 11.6 Å². The lowest BCUT2D eigenvalue weighted by molar-refractivity contribution is 0.163. The first-order chi connectivity index (χ1) is 14.2. The lowest BCUT2D eigenvalue weighted by Crippen LogP contribution is -2.48. The van der Waals surface area contributed by atoms with Crippen molar-refractivity contribution < 1.29 is 25.8 Å². The Morgan fingerprint density at radius 3 is 2.23 bits per heavy atom. The molecule has 0 amide bonds. The molecule has 0 spiro atoms. The Balaban J connectivity index is 1.38. The van der Waals surface area contributed by atoms with Crippen LogP contribution in [0.3, 0.4) is 0 Å². The molecule has 3 heterocycles. The maximum absolute atomic E-state index is 12.8. The third kappa shape index (κ3) is 4.29. The molecule has 0 unspecified atom stereocenters. The summed E-state index contributed by atoms with van der Waals surface area (Å²) < 4.78 is 60.2. The summed E-state index contributed by atoms with van der Waals surface area (Å²) in [5, 5.41) is 8.93. The molecular weight excluding hydrogens is 434 g/mol. The minimum absolute atomic E-state index is 0.0170. The van der Waals surface area contributed by atoms with Gasteiger partial charge in [-0.2, -0.15) is 9.29 Å². The van der Waals surface area contributed by atoms with Gasteiger partial charge in [-0.1, -0.05) is 5.16 Å². The van der Waals surface area contributed by atoms with Crippen molar-refractivity contribution in [3.05, 3.63) is 48.6 Å². The number of sulfonamides is 2. The number of nitrogens with zero attached hydrogens (tertiary/aromatic N) is 4. The molecule has 3 aromatic rings. The zero-order valence-electron chi connectivity index (χ0n) is 15.7. The minimum Gasteiger partial charge on any atom is -0.461 e. The maximum Gasteiger partial charge on any atom is 0.243 e. The summed E-state index contributed by atoms with van der Waals surface area (Å²) in [5.74, 6) is 1.28. The van der Waals surface area contributed by atoms with Crippen molar-refractivity contribution >= 4 is 20.0 Å². The smallest absolute Gasteiger partial charge is 0.243 e. The van der Waals surface area contributed by atoms with Gasteiger partial charge in [-0.3, -0.25) is 4.90 Å². The standard InChI is InChI=1S/C17H19N5O6S2/c18-29(23,24)13-3-5-14(6-4-13)30(25,26)22-9-7-21(8-10-22)12-16-19-17(20-28-16)15-2-1-11-27-15/h1-6,11H,7-10,12H2,(H2,18,23,24). The van der Waals surface area contributed by atoms with Crippen LogP contribution in [0.5, 0.6) is 0 Å². The molecule has 0 atom stereocenters. The minimum atomic E-state index is -3.88. The number of nitrogens with two attached hydrogens (primary N) is 1. The first-order valence-corrected chi connectivity index (χ1v) is 11.9. The van der Waals surface area contributed by atoms with Gasteiger partial charge in [-0.05, 0) is 36.4 Å². The van der Waals surface area contributed by atoms with Crippen LogP contribution in [-0.4, -0.2) is 62.4 Å². The summed E-state index contributed by atoms with van der Waals surface area (Å²) in [6.45, 7) is 1.90. The molecule has 160 valence electrons.